The van der Waals surface area contributed by atoms with Gasteiger partial charge < -0.3 is 4.90 Å². The molecule has 24 heavy (non-hydrogen) atoms. The molecule has 0 atom stereocenters. The highest BCUT2D eigenvalue weighted by Gasteiger charge is 2.36. The number of carbonyl (C=O) groups is 1. The second kappa shape index (κ2) is 6.63. The van der Waals surface area contributed by atoms with Gasteiger partial charge in [0.05, 0.1) is 12.2 Å². The minimum atomic E-state index is -0.00833. The van der Waals surface area contributed by atoms with Gasteiger partial charge in [0, 0.05) is 18.8 Å². The van der Waals surface area contributed by atoms with Gasteiger partial charge in [-0.3, -0.25) is 9.48 Å². The largest absolute Gasteiger partial charge is 0.330 e. The second-order valence-electron chi connectivity index (χ2n) is 6.81. The Kier molecular flexibility index (Phi) is 4.56. The molecule has 2 aromatic rings. The number of hydrogen-bond acceptors (Lipinski definition) is 2. The Hall–Kier alpha value is -2.36. The maximum atomic E-state index is 12.3. The lowest BCUT2D eigenvalue weighted by Gasteiger charge is -2.42. The predicted octanol–water partition coefficient (Wildman–Crippen LogP) is 3.50. The molecule has 0 N–H and O–H groups in total. The predicted molar refractivity (Wildman–Crippen MR) is 95.6 cm³/mol. The van der Waals surface area contributed by atoms with E-state index >= 15 is 0 Å². The highest BCUT2D eigenvalue weighted by Crippen LogP contribution is 2.40. The van der Waals surface area contributed by atoms with Gasteiger partial charge >= 0.3 is 0 Å². The van der Waals surface area contributed by atoms with Gasteiger partial charge in [0.15, 0.2) is 0 Å². The van der Waals surface area contributed by atoms with E-state index in [2.05, 4.69) is 42.9 Å². The first kappa shape index (κ1) is 16.5. The van der Waals surface area contributed by atoms with Crippen LogP contribution < -0.4 is 0 Å². The highest BCUT2D eigenvalue weighted by molar-refractivity contribution is 5.87. The minimum absolute atomic E-state index is 0.00833. The standard InChI is InChI=1S/C20H25N3O/c1-5-20(24)23(13-18-10-15(3)22(4)21-18)19-11-17(12-19)16-8-6-7-14(2)9-16/h5-10,17,19H,1,11-13H2,2-4H3. The zero-order valence-corrected chi connectivity index (χ0v) is 14.7. The van der Waals surface area contributed by atoms with Crippen LogP contribution in [0.5, 0.6) is 0 Å². The van der Waals surface area contributed by atoms with E-state index in [-0.39, 0.29) is 11.9 Å². The number of benzene rings is 1. The average Bonchev–Trinajstić information content (AvgIpc) is 2.82. The molecule has 1 saturated carbocycles. The summed E-state index contributed by atoms with van der Waals surface area (Å²) in [4.78, 5) is 14.2. The van der Waals surface area contributed by atoms with Crippen molar-refractivity contribution in [2.45, 2.75) is 45.2 Å². The van der Waals surface area contributed by atoms with Gasteiger partial charge in [-0.2, -0.15) is 5.10 Å². The molecule has 1 amide bonds. The maximum Gasteiger partial charge on any atom is 0.246 e. The van der Waals surface area contributed by atoms with E-state index in [1.54, 1.807) is 0 Å². The van der Waals surface area contributed by atoms with Gasteiger partial charge in [0.2, 0.25) is 5.91 Å². The Morgan fingerprint density at radius 2 is 2.12 bits per heavy atom. The topological polar surface area (TPSA) is 38.1 Å². The van der Waals surface area contributed by atoms with E-state index in [4.69, 9.17) is 0 Å². The summed E-state index contributed by atoms with van der Waals surface area (Å²) in [5.74, 6) is 0.534. The van der Waals surface area contributed by atoms with Crippen LogP contribution in [0.25, 0.3) is 0 Å². The first-order valence-electron chi connectivity index (χ1n) is 8.47. The van der Waals surface area contributed by atoms with Crippen LogP contribution in [0.15, 0.2) is 43.0 Å². The van der Waals surface area contributed by atoms with Gasteiger partial charge in [-0.15, -0.1) is 0 Å². The van der Waals surface area contributed by atoms with Crippen LogP contribution in [0.3, 0.4) is 0 Å². The molecule has 4 nitrogen and oxygen atoms in total. The summed E-state index contributed by atoms with van der Waals surface area (Å²) in [5.41, 5.74) is 4.70. The van der Waals surface area contributed by atoms with Crippen LogP contribution in [0.1, 0.15) is 41.3 Å². The van der Waals surface area contributed by atoms with Crippen LogP contribution in [0.4, 0.5) is 0 Å². The van der Waals surface area contributed by atoms with Crippen molar-refractivity contribution in [2.75, 3.05) is 0 Å². The van der Waals surface area contributed by atoms with Crippen molar-refractivity contribution in [3.63, 3.8) is 0 Å². The van der Waals surface area contributed by atoms with Crippen LogP contribution in [-0.4, -0.2) is 26.6 Å². The van der Waals surface area contributed by atoms with Crippen molar-refractivity contribution in [1.29, 1.82) is 0 Å². The third kappa shape index (κ3) is 3.28. The molecule has 0 aliphatic heterocycles. The third-order valence-corrected chi connectivity index (χ3v) is 5.02. The van der Waals surface area contributed by atoms with Crippen molar-refractivity contribution >= 4 is 5.91 Å². The molecule has 4 heteroatoms. The summed E-state index contributed by atoms with van der Waals surface area (Å²) in [6.07, 6.45) is 3.43. The third-order valence-electron chi connectivity index (χ3n) is 5.02. The molecule has 1 aliphatic rings. The Morgan fingerprint density at radius 3 is 2.71 bits per heavy atom. The fourth-order valence-electron chi connectivity index (χ4n) is 3.43. The Labute approximate surface area is 143 Å². The van der Waals surface area contributed by atoms with E-state index < -0.39 is 0 Å². The van der Waals surface area contributed by atoms with E-state index in [0.29, 0.717) is 12.5 Å². The van der Waals surface area contributed by atoms with Crippen molar-refractivity contribution in [3.8, 4) is 0 Å². The lowest BCUT2D eigenvalue weighted by atomic mass is 9.74. The van der Waals surface area contributed by atoms with Crippen molar-refractivity contribution in [3.05, 3.63) is 65.5 Å². The normalized spacial score (nSPS) is 19.6. The van der Waals surface area contributed by atoms with Crippen molar-refractivity contribution in [2.24, 2.45) is 7.05 Å². The monoisotopic (exact) mass is 323 g/mol. The molecular formula is C20H25N3O. The zero-order chi connectivity index (χ0) is 17.3. The zero-order valence-electron chi connectivity index (χ0n) is 14.7. The molecule has 0 radical (unpaired) electrons. The van der Waals surface area contributed by atoms with Crippen molar-refractivity contribution in [1.82, 2.24) is 14.7 Å². The van der Waals surface area contributed by atoms with Crippen LogP contribution in [0, 0.1) is 13.8 Å². The highest BCUT2D eigenvalue weighted by atomic mass is 16.2. The molecule has 1 aromatic heterocycles. The number of hydrogen-bond donors (Lipinski definition) is 0. The van der Waals surface area contributed by atoms with Gasteiger partial charge in [0.1, 0.15) is 0 Å². The van der Waals surface area contributed by atoms with Crippen molar-refractivity contribution < 1.29 is 4.79 Å². The lowest BCUT2D eigenvalue weighted by molar-refractivity contribution is -0.131. The fourth-order valence-corrected chi connectivity index (χ4v) is 3.43. The Bertz CT molecular complexity index is 736. The second-order valence-corrected chi connectivity index (χ2v) is 6.81. The number of nitrogens with zero attached hydrogens (tertiary/aromatic N) is 3. The smallest absolute Gasteiger partial charge is 0.246 e. The van der Waals surface area contributed by atoms with Crippen LogP contribution in [0.2, 0.25) is 0 Å². The molecule has 1 aliphatic carbocycles. The molecule has 1 heterocycles. The lowest BCUT2D eigenvalue weighted by Crippen LogP contribution is -2.46. The molecule has 0 spiro atoms. The van der Waals surface area contributed by atoms with Gasteiger partial charge in [-0.05, 0) is 50.3 Å². The number of amides is 1. The minimum Gasteiger partial charge on any atom is -0.330 e. The summed E-state index contributed by atoms with van der Waals surface area (Å²) < 4.78 is 1.85. The summed E-state index contributed by atoms with van der Waals surface area (Å²) in [6, 6.07) is 11.0. The number of rotatable bonds is 5. The first-order valence-corrected chi connectivity index (χ1v) is 8.47. The molecule has 3 rings (SSSR count). The van der Waals surface area contributed by atoms with Gasteiger partial charge in [-0.1, -0.05) is 36.4 Å². The molecular weight excluding hydrogens is 298 g/mol. The quantitative estimate of drug-likeness (QED) is 0.790. The van der Waals surface area contributed by atoms with Crippen LogP contribution >= 0.6 is 0 Å². The maximum absolute atomic E-state index is 12.3. The van der Waals surface area contributed by atoms with E-state index in [1.165, 1.54) is 17.2 Å². The number of aromatic nitrogens is 2. The van der Waals surface area contributed by atoms with E-state index in [0.717, 1.165) is 24.2 Å². The summed E-state index contributed by atoms with van der Waals surface area (Å²) >= 11 is 0. The first-order chi connectivity index (χ1) is 11.5. The van der Waals surface area contributed by atoms with Gasteiger partial charge in [-0.25, -0.2) is 0 Å². The van der Waals surface area contributed by atoms with Crippen LogP contribution in [-0.2, 0) is 18.4 Å². The number of aryl methyl sites for hydroxylation is 3. The number of carbonyl (C=O) groups excluding carboxylic acids is 1. The van der Waals surface area contributed by atoms with E-state index in [9.17, 15) is 4.79 Å². The molecule has 1 fully saturated rings. The Morgan fingerprint density at radius 1 is 1.38 bits per heavy atom. The molecule has 0 saturated heterocycles. The average molecular weight is 323 g/mol. The molecule has 0 unspecified atom stereocenters. The molecule has 1 aromatic carbocycles. The van der Waals surface area contributed by atoms with E-state index in [1.807, 2.05) is 29.6 Å². The molecule has 0 bridgehead atoms. The summed E-state index contributed by atoms with van der Waals surface area (Å²) in [6.45, 7) is 8.35. The SMILES string of the molecule is C=CC(=O)N(Cc1cc(C)n(C)n1)C1CC(c2cccc(C)c2)C1. The fraction of sp³-hybridized carbons (Fsp3) is 0.400. The summed E-state index contributed by atoms with van der Waals surface area (Å²) in [5, 5.41) is 4.48. The Balaban J connectivity index is 1.70. The molecule has 126 valence electrons. The summed E-state index contributed by atoms with van der Waals surface area (Å²) in [7, 11) is 1.93. The van der Waals surface area contributed by atoms with Gasteiger partial charge in [0.25, 0.3) is 0 Å².